The van der Waals surface area contributed by atoms with Crippen molar-refractivity contribution in [2.24, 2.45) is 0 Å². The molecule has 0 atom stereocenters. The van der Waals surface area contributed by atoms with Crippen LogP contribution in [-0.2, 0) is 19.1 Å². The molecular weight excluding hydrogens is 336 g/mol. The summed E-state index contributed by atoms with van der Waals surface area (Å²) in [5.74, 6) is -0.959. The van der Waals surface area contributed by atoms with Crippen molar-refractivity contribution in [2.45, 2.75) is 0 Å². The van der Waals surface area contributed by atoms with Crippen LogP contribution in [0.1, 0.15) is 5.56 Å². The number of methoxy groups -OCH3 is 1. The van der Waals surface area contributed by atoms with Crippen LogP contribution in [0.15, 0.2) is 23.1 Å². The molecule has 0 aliphatic carbocycles. The molecule has 8 nitrogen and oxygen atoms in total. The van der Waals surface area contributed by atoms with Crippen molar-refractivity contribution in [3.05, 3.63) is 28.7 Å². The van der Waals surface area contributed by atoms with Crippen molar-refractivity contribution in [1.82, 2.24) is 5.32 Å². The first-order valence-electron chi connectivity index (χ1n) is 6.87. The predicted octanol–water partition coefficient (Wildman–Crippen LogP) is 0.909. The highest BCUT2D eigenvalue weighted by Gasteiger charge is 2.29. The molecule has 0 bridgehead atoms. The molecule has 1 N–H and O–H groups in total. The van der Waals surface area contributed by atoms with Crippen molar-refractivity contribution in [3.63, 3.8) is 0 Å². The number of imide groups is 1. The molecule has 2 aliphatic rings. The van der Waals surface area contributed by atoms with Gasteiger partial charge in [0.2, 0.25) is 0 Å². The fourth-order valence-electron chi connectivity index (χ4n) is 2.25. The number of esters is 1. The minimum atomic E-state index is -0.559. The molecular formula is C15H12N2O6S. The van der Waals surface area contributed by atoms with Gasteiger partial charge in [-0.1, -0.05) is 6.07 Å². The summed E-state index contributed by atoms with van der Waals surface area (Å²) in [4.78, 5) is 47.9. The number of hydrogen-bond acceptors (Lipinski definition) is 7. The molecule has 0 aromatic heterocycles. The van der Waals surface area contributed by atoms with Crippen molar-refractivity contribution in [1.29, 1.82) is 0 Å². The van der Waals surface area contributed by atoms with E-state index in [2.05, 4.69) is 10.1 Å². The van der Waals surface area contributed by atoms with E-state index in [0.29, 0.717) is 17.0 Å². The van der Waals surface area contributed by atoms with Crippen LogP contribution in [0.3, 0.4) is 0 Å². The van der Waals surface area contributed by atoms with Crippen LogP contribution in [0.2, 0.25) is 0 Å². The van der Waals surface area contributed by atoms with Crippen molar-refractivity contribution in [2.75, 3.05) is 25.2 Å². The van der Waals surface area contributed by atoms with Gasteiger partial charge in [0.15, 0.2) is 6.61 Å². The number of thioether (sulfide) groups is 1. The molecule has 1 fully saturated rings. The summed E-state index contributed by atoms with van der Waals surface area (Å²) in [6.45, 7) is -0.406. The predicted molar refractivity (Wildman–Crippen MR) is 85.4 cm³/mol. The van der Waals surface area contributed by atoms with E-state index in [1.54, 1.807) is 18.2 Å². The molecule has 3 rings (SSSR count). The Balaban J connectivity index is 1.95. The van der Waals surface area contributed by atoms with Crippen LogP contribution in [0.4, 0.5) is 10.5 Å². The number of rotatable bonds is 3. The monoisotopic (exact) mass is 348 g/mol. The molecule has 2 heterocycles. The highest BCUT2D eigenvalue weighted by molar-refractivity contribution is 8.18. The number of fused-ring (bicyclic) bond motifs is 1. The number of nitrogens with one attached hydrogen (secondary N) is 1. The summed E-state index contributed by atoms with van der Waals surface area (Å²) < 4.78 is 9.94. The largest absolute Gasteiger partial charge is 0.482 e. The van der Waals surface area contributed by atoms with Gasteiger partial charge in [0.25, 0.3) is 17.1 Å². The molecule has 9 heteroatoms. The summed E-state index contributed by atoms with van der Waals surface area (Å²) in [7, 11) is 1.24. The smallest absolute Gasteiger partial charge is 0.325 e. The molecule has 0 unspecified atom stereocenters. The zero-order chi connectivity index (χ0) is 17.3. The summed E-state index contributed by atoms with van der Waals surface area (Å²) >= 11 is 0.797. The number of ether oxygens (including phenoxy) is 2. The Morgan fingerprint density at radius 3 is 2.88 bits per heavy atom. The Morgan fingerprint density at radius 2 is 2.21 bits per heavy atom. The number of anilines is 1. The van der Waals surface area contributed by atoms with E-state index >= 15 is 0 Å². The maximum atomic E-state index is 12.0. The lowest BCUT2D eigenvalue weighted by Crippen LogP contribution is -2.42. The highest BCUT2D eigenvalue weighted by atomic mass is 32.2. The van der Waals surface area contributed by atoms with E-state index in [0.717, 1.165) is 11.8 Å². The van der Waals surface area contributed by atoms with Crippen LogP contribution in [0.25, 0.3) is 6.08 Å². The fourth-order valence-corrected chi connectivity index (χ4v) is 2.93. The van der Waals surface area contributed by atoms with Crippen LogP contribution in [0.5, 0.6) is 5.75 Å². The standard InChI is InChI=1S/C15H12N2O6S/c1-22-13(19)6-17-9-4-8(2-3-10(9)23-7-12(17)18)5-11-14(20)16-15(21)24-11/h2-5H,6-7H2,1H3,(H,16,20,21). The summed E-state index contributed by atoms with van der Waals surface area (Å²) in [6.07, 6.45) is 1.53. The number of hydrogen-bond donors (Lipinski definition) is 1. The van der Waals surface area contributed by atoms with Gasteiger partial charge in [0.05, 0.1) is 17.7 Å². The van der Waals surface area contributed by atoms with Crippen molar-refractivity contribution < 1.29 is 28.7 Å². The van der Waals surface area contributed by atoms with E-state index < -0.39 is 17.1 Å². The average molecular weight is 348 g/mol. The molecule has 24 heavy (non-hydrogen) atoms. The van der Waals surface area contributed by atoms with Gasteiger partial charge in [-0.2, -0.15) is 0 Å². The molecule has 1 aromatic rings. The Kier molecular flexibility index (Phi) is 4.26. The van der Waals surface area contributed by atoms with Crippen LogP contribution in [0, 0.1) is 0 Å². The zero-order valence-electron chi connectivity index (χ0n) is 12.5. The van der Waals surface area contributed by atoms with Gasteiger partial charge in [0, 0.05) is 0 Å². The molecule has 0 spiro atoms. The molecule has 2 aliphatic heterocycles. The van der Waals surface area contributed by atoms with E-state index in [9.17, 15) is 19.2 Å². The normalized spacial score (nSPS) is 18.3. The fraction of sp³-hybridized carbons (Fsp3) is 0.200. The SMILES string of the molecule is COC(=O)CN1C(=O)COc2ccc(C=C3SC(=O)NC3=O)cc21. The van der Waals surface area contributed by atoms with Crippen molar-refractivity contribution in [3.8, 4) is 5.75 Å². The number of benzene rings is 1. The van der Waals surface area contributed by atoms with E-state index in [4.69, 9.17) is 4.74 Å². The second-order valence-electron chi connectivity index (χ2n) is 4.92. The quantitative estimate of drug-likeness (QED) is 0.640. The minimum Gasteiger partial charge on any atom is -0.482 e. The lowest BCUT2D eigenvalue weighted by Gasteiger charge is -2.28. The molecule has 1 saturated heterocycles. The Labute approximate surface area is 140 Å². The van der Waals surface area contributed by atoms with Gasteiger partial charge in [0.1, 0.15) is 12.3 Å². The van der Waals surface area contributed by atoms with Gasteiger partial charge in [-0.3, -0.25) is 29.4 Å². The summed E-state index contributed by atoms with van der Waals surface area (Å²) in [5, 5.41) is 1.73. The van der Waals surface area contributed by atoms with E-state index in [1.807, 2.05) is 0 Å². The van der Waals surface area contributed by atoms with Gasteiger partial charge < -0.3 is 9.47 Å². The summed E-state index contributed by atoms with van der Waals surface area (Å²) in [5.41, 5.74) is 0.995. The molecule has 0 saturated carbocycles. The number of carbonyl (C=O) groups is 4. The first-order valence-corrected chi connectivity index (χ1v) is 7.68. The zero-order valence-corrected chi connectivity index (χ0v) is 13.3. The van der Waals surface area contributed by atoms with Crippen LogP contribution < -0.4 is 15.0 Å². The number of carbonyl (C=O) groups excluding carboxylic acids is 4. The third-order valence-electron chi connectivity index (χ3n) is 3.38. The first kappa shape index (κ1) is 16.1. The third kappa shape index (κ3) is 3.11. The first-order chi connectivity index (χ1) is 11.5. The maximum absolute atomic E-state index is 12.0. The second-order valence-corrected chi connectivity index (χ2v) is 5.94. The average Bonchev–Trinajstić information content (AvgIpc) is 2.87. The highest BCUT2D eigenvalue weighted by Crippen LogP contribution is 2.34. The van der Waals surface area contributed by atoms with Crippen LogP contribution >= 0.6 is 11.8 Å². The van der Waals surface area contributed by atoms with Gasteiger partial charge in [-0.25, -0.2) is 0 Å². The van der Waals surface area contributed by atoms with Gasteiger partial charge in [-0.15, -0.1) is 0 Å². The minimum absolute atomic E-state index is 0.169. The van der Waals surface area contributed by atoms with E-state index in [-0.39, 0.29) is 24.0 Å². The van der Waals surface area contributed by atoms with Crippen LogP contribution in [-0.4, -0.2) is 43.3 Å². The van der Waals surface area contributed by atoms with E-state index in [1.165, 1.54) is 18.1 Å². The maximum Gasteiger partial charge on any atom is 0.325 e. The molecule has 3 amide bonds. The molecule has 1 aromatic carbocycles. The van der Waals surface area contributed by atoms with Gasteiger partial charge in [-0.05, 0) is 35.5 Å². The molecule has 0 radical (unpaired) electrons. The number of nitrogens with zero attached hydrogens (tertiary/aromatic N) is 1. The Hall–Kier alpha value is -2.81. The summed E-state index contributed by atoms with van der Waals surface area (Å²) in [6, 6.07) is 4.94. The number of amides is 3. The van der Waals surface area contributed by atoms with Crippen molar-refractivity contribution >= 4 is 46.5 Å². The lowest BCUT2D eigenvalue weighted by molar-refractivity contribution is -0.140. The topological polar surface area (TPSA) is 102 Å². The Morgan fingerprint density at radius 1 is 1.42 bits per heavy atom. The third-order valence-corrected chi connectivity index (χ3v) is 4.19. The lowest BCUT2D eigenvalue weighted by atomic mass is 10.1. The van der Waals surface area contributed by atoms with Gasteiger partial charge >= 0.3 is 5.97 Å². The second kappa shape index (κ2) is 6.36. The Bertz CT molecular complexity index is 788. The molecule has 124 valence electrons.